The number of aliphatic hydroxyl groups is 1. The van der Waals surface area contributed by atoms with Gasteiger partial charge in [-0.15, -0.1) is 0 Å². The van der Waals surface area contributed by atoms with Crippen LogP contribution >= 0.6 is 0 Å². The molecule has 0 saturated carbocycles. The van der Waals surface area contributed by atoms with Gasteiger partial charge in [0.15, 0.2) is 0 Å². The molecule has 0 aliphatic rings. The smallest absolute Gasteiger partial charge is 0.0698 e. The number of aliphatic hydroxyl groups excluding tert-OH is 1. The summed E-state index contributed by atoms with van der Waals surface area (Å²) in [5.41, 5.74) is 8.65. The minimum atomic E-state index is 0.0488. The van der Waals surface area contributed by atoms with Gasteiger partial charge >= 0.3 is 0 Å². The van der Waals surface area contributed by atoms with E-state index in [1.807, 2.05) is 42.5 Å². The zero-order valence-corrected chi connectivity index (χ0v) is 11.4. The van der Waals surface area contributed by atoms with Crippen molar-refractivity contribution in [3.8, 4) is 0 Å². The zero-order valence-electron chi connectivity index (χ0n) is 11.4. The van der Waals surface area contributed by atoms with Gasteiger partial charge in [0.25, 0.3) is 0 Å². The molecule has 2 rings (SSSR count). The molecule has 20 heavy (non-hydrogen) atoms. The number of ether oxygens (including phenoxy) is 1. The van der Waals surface area contributed by atoms with Crippen LogP contribution < -0.4 is 10.6 Å². The van der Waals surface area contributed by atoms with Crippen molar-refractivity contribution in [1.29, 1.82) is 0 Å². The predicted molar refractivity (Wildman–Crippen MR) is 82.2 cm³/mol. The second kappa shape index (κ2) is 7.53. The lowest BCUT2D eigenvalue weighted by Crippen LogP contribution is -2.22. The number of nitrogen functional groups attached to an aromatic ring is 1. The van der Waals surface area contributed by atoms with Crippen LogP contribution in [0.25, 0.3) is 0 Å². The Hall–Kier alpha value is -2.04. The van der Waals surface area contributed by atoms with Crippen LogP contribution in [-0.2, 0) is 4.74 Å². The summed E-state index contributed by atoms with van der Waals surface area (Å²) in [5, 5.41) is 8.74. The molecular weight excluding hydrogens is 252 g/mol. The van der Waals surface area contributed by atoms with E-state index in [4.69, 9.17) is 15.6 Å². The molecule has 0 unspecified atom stereocenters. The van der Waals surface area contributed by atoms with Crippen LogP contribution in [0.2, 0.25) is 0 Å². The number of benzene rings is 2. The van der Waals surface area contributed by atoms with Gasteiger partial charge in [0.05, 0.1) is 19.8 Å². The Bertz CT molecular complexity index is 500. The van der Waals surface area contributed by atoms with Gasteiger partial charge in [0.1, 0.15) is 0 Å². The third kappa shape index (κ3) is 3.98. The number of hydrogen-bond acceptors (Lipinski definition) is 4. The molecule has 3 N–H and O–H groups in total. The third-order valence-corrected chi connectivity index (χ3v) is 2.97. The quantitative estimate of drug-likeness (QED) is 0.600. The molecule has 2 aromatic carbocycles. The normalized spacial score (nSPS) is 10.4. The Morgan fingerprint density at radius 3 is 2.20 bits per heavy atom. The molecule has 0 radical (unpaired) electrons. The standard InChI is InChI=1S/C16H20N2O2/c17-14-6-8-16(9-7-14)18(10-12-20-13-11-19)15-4-2-1-3-5-15/h1-9,19H,10-13,17H2. The molecule has 2 aromatic rings. The van der Waals surface area contributed by atoms with Gasteiger partial charge in [-0.05, 0) is 36.4 Å². The topological polar surface area (TPSA) is 58.7 Å². The van der Waals surface area contributed by atoms with Gasteiger partial charge < -0.3 is 20.5 Å². The zero-order chi connectivity index (χ0) is 14.2. The number of para-hydroxylation sites is 1. The first-order valence-corrected chi connectivity index (χ1v) is 6.68. The van der Waals surface area contributed by atoms with E-state index in [9.17, 15) is 0 Å². The number of hydrogen-bond donors (Lipinski definition) is 2. The highest BCUT2D eigenvalue weighted by Crippen LogP contribution is 2.25. The van der Waals surface area contributed by atoms with Gasteiger partial charge in [-0.1, -0.05) is 18.2 Å². The summed E-state index contributed by atoms with van der Waals surface area (Å²) < 4.78 is 5.36. The first kappa shape index (κ1) is 14.4. The number of rotatable bonds is 7. The number of nitrogens with zero attached hydrogens (tertiary/aromatic N) is 1. The highest BCUT2D eigenvalue weighted by Gasteiger charge is 2.08. The molecule has 4 heteroatoms. The SMILES string of the molecule is Nc1ccc(N(CCOCCO)c2ccccc2)cc1. The van der Waals surface area contributed by atoms with Gasteiger partial charge in [0.2, 0.25) is 0 Å². The molecule has 0 atom stereocenters. The summed E-state index contributed by atoms with van der Waals surface area (Å²) >= 11 is 0. The van der Waals surface area contributed by atoms with Crippen molar-refractivity contribution in [2.75, 3.05) is 37.0 Å². The van der Waals surface area contributed by atoms with Crippen LogP contribution in [0.5, 0.6) is 0 Å². The van der Waals surface area contributed by atoms with Gasteiger partial charge in [-0.25, -0.2) is 0 Å². The van der Waals surface area contributed by atoms with E-state index in [2.05, 4.69) is 17.0 Å². The van der Waals surface area contributed by atoms with Gasteiger partial charge in [-0.2, -0.15) is 0 Å². The number of nitrogens with two attached hydrogens (primary N) is 1. The summed E-state index contributed by atoms with van der Waals surface area (Å²) in [6.45, 7) is 1.69. The Labute approximate surface area is 119 Å². The summed E-state index contributed by atoms with van der Waals surface area (Å²) in [5.74, 6) is 0. The molecule has 0 fully saturated rings. The van der Waals surface area contributed by atoms with E-state index in [0.717, 1.165) is 17.1 Å². The van der Waals surface area contributed by atoms with Crippen molar-refractivity contribution in [2.24, 2.45) is 0 Å². The fourth-order valence-corrected chi connectivity index (χ4v) is 1.99. The van der Waals surface area contributed by atoms with Crippen LogP contribution in [0, 0.1) is 0 Å². The first-order valence-electron chi connectivity index (χ1n) is 6.68. The molecule has 4 nitrogen and oxygen atoms in total. The van der Waals surface area contributed by atoms with E-state index in [0.29, 0.717) is 19.8 Å². The fourth-order valence-electron chi connectivity index (χ4n) is 1.99. The Morgan fingerprint density at radius 1 is 0.900 bits per heavy atom. The van der Waals surface area contributed by atoms with Crippen LogP contribution in [-0.4, -0.2) is 31.5 Å². The highest BCUT2D eigenvalue weighted by atomic mass is 16.5. The lowest BCUT2D eigenvalue weighted by molar-refractivity contribution is 0.0975. The minimum Gasteiger partial charge on any atom is -0.399 e. The van der Waals surface area contributed by atoms with Crippen molar-refractivity contribution < 1.29 is 9.84 Å². The molecule has 0 amide bonds. The molecule has 0 spiro atoms. The summed E-state index contributed by atoms with van der Waals surface area (Å²) in [7, 11) is 0. The monoisotopic (exact) mass is 272 g/mol. The first-order chi connectivity index (χ1) is 9.81. The van der Waals surface area contributed by atoms with Gasteiger partial charge in [-0.3, -0.25) is 0 Å². The Balaban J connectivity index is 2.13. The molecule has 106 valence electrons. The molecular formula is C16H20N2O2. The molecule has 0 aliphatic heterocycles. The summed E-state index contributed by atoms with van der Waals surface area (Å²) in [6.07, 6.45) is 0. The largest absolute Gasteiger partial charge is 0.399 e. The van der Waals surface area contributed by atoms with E-state index in [-0.39, 0.29) is 6.61 Å². The maximum atomic E-state index is 8.74. The lowest BCUT2D eigenvalue weighted by Gasteiger charge is -2.25. The molecule has 0 aromatic heterocycles. The molecule has 0 bridgehead atoms. The second-order valence-corrected chi connectivity index (χ2v) is 4.41. The second-order valence-electron chi connectivity index (χ2n) is 4.41. The molecule has 0 saturated heterocycles. The van der Waals surface area contributed by atoms with E-state index in [1.165, 1.54) is 0 Å². The maximum absolute atomic E-state index is 8.74. The van der Waals surface area contributed by atoms with Crippen molar-refractivity contribution in [3.05, 3.63) is 54.6 Å². The summed E-state index contributed by atoms with van der Waals surface area (Å²) in [4.78, 5) is 2.16. The van der Waals surface area contributed by atoms with Crippen molar-refractivity contribution >= 4 is 17.1 Å². The van der Waals surface area contributed by atoms with E-state index >= 15 is 0 Å². The Morgan fingerprint density at radius 2 is 1.55 bits per heavy atom. The molecule has 0 heterocycles. The minimum absolute atomic E-state index is 0.0488. The number of anilines is 3. The van der Waals surface area contributed by atoms with Crippen LogP contribution in [0.3, 0.4) is 0 Å². The lowest BCUT2D eigenvalue weighted by atomic mass is 10.2. The maximum Gasteiger partial charge on any atom is 0.0698 e. The highest BCUT2D eigenvalue weighted by molar-refractivity contribution is 5.64. The summed E-state index contributed by atoms with van der Waals surface area (Å²) in [6, 6.07) is 17.9. The van der Waals surface area contributed by atoms with Crippen molar-refractivity contribution in [3.63, 3.8) is 0 Å². The average molecular weight is 272 g/mol. The predicted octanol–water partition coefficient (Wildman–Crippen LogP) is 2.42. The Kier molecular flexibility index (Phi) is 5.41. The van der Waals surface area contributed by atoms with Crippen LogP contribution in [0.4, 0.5) is 17.1 Å². The van der Waals surface area contributed by atoms with Crippen molar-refractivity contribution in [2.45, 2.75) is 0 Å². The van der Waals surface area contributed by atoms with Crippen LogP contribution in [0.1, 0.15) is 0 Å². The average Bonchev–Trinajstić information content (AvgIpc) is 2.50. The van der Waals surface area contributed by atoms with Crippen molar-refractivity contribution in [1.82, 2.24) is 0 Å². The van der Waals surface area contributed by atoms with Gasteiger partial charge in [0, 0.05) is 23.6 Å². The third-order valence-electron chi connectivity index (χ3n) is 2.97. The van der Waals surface area contributed by atoms with E-state index < -0.39 is 0 Å². The van der Waals surface area contributed by atoms with Crippen LogP contribution in [0.15, 0.2) is 54.6 Å². The molecule has 0 aliphatic carbocycles. The fraction of sp³-hybridized carbons (Fsp3) is 0.250. The van der Waals surface area contributed by atoms with E-state index in [1.54, 1.807) is 0 Å².